The van der Waals surface area contributed by atoms with Crippen LogP contribution in [0.25, 0.3) is 0 Å². The van der Waals surface area contributed by atoms with Gasteiger partial charge < -0.3 is 10.4 Å². The number of nitrogens with zero attached hydrogens (tertiary/aromatic N) is 2. The minimum Gasteiger partial charge on any atom is -0.395 e. The van der Waals surface area contributed by atoms with Crippen molar-refractivity contribution in [3.05, 3.63) is 0 Å². The van der Waals surface area contributed by atoms with Gasteiger partial charge in [-0.2, -0.15) is 0 Å². The largest absolute Gasteiger partial charge is 0.395 e. The van der Waals surface area contributed by atoms with Crippen LogP contribution in [0, 0.1) is 0 Å². The third-order valence-electron chi connectivity index (χ3n) is 4.48. The van der Waals surface area contributed by atoms with Crippen molar-refractivity contribution >= 4 is 0 Å². The van der Waals surface area contributed by atoms with E-state index >= 15 is 0 Å². The van der Waals surface area contributed by atoms with Gasteiger partial charge in [0.05, 0.1) is 6.61 Å². The van der Waals surface area contributed by atoms with E-state index in [2.05, 4.69) is 22.0 Å². The maximum absolute atomic E-state index is 8.95. The zero-order valence-electron chi connectivity index (χ0n) is 11.8. The van der Waals surface area contributed by atoms with Crippen LogP contribution in [0.2, 0.25) is 0 Å². The Morgan fingerprint density at radius 1 is 1.22 bits per heavy atom. The topological polar surface area (TPSA) is 38.7 Å². The van der Waals surface area contributed by atoms with E-state index in [1.54, 1.807) is 0 Å². The molecule has 0 radical (unpaired) electrons. The quantitative estimate of drug-likeness (QED) is 0.751. The summed E-state index contributed by atoms with van der Waals surface area (Å²) in [5, 5.41) is 12.6. The first-order valence-electron chi connectivity index (χ1n) is 7.60. The van der Waals surface area contributed by atoms with Crippen LogP contribution in [0.5, 0.6) is 0 Å². The second kappa shape index (κ2) is 7.43. The number of aliphatic hydroxyl groups is 1. The molecular formula is C14H29N3O. The molecule has 2 aliphatic heterocycles. The summed E-state index contributed by atoms with van der Waals surface area (Å²) in [5.41, 5.74) is 0. The fraction of sp³-hybridized carbons (Fsp3) is 1.00. The molecule has 0 spiro atoms. The van der Waals surface area contributed by atoms with Gasteiger partial charge in [0.2, 0.25) is 0 Å². The van der Waals surface area contributed by atoms with Crippen molar-refractivity contribution in [2.75, 3.05) is 45.9 Å². The molecule has 0 aliphatic carbocycles. The fourth-order valence-corrected chi connectivity index (χ4v) is 3.26. The number of rotatable bonds is 5. The first kappa shape index (κ1) is 14.3. The summed E-state index contributed by atoms with van der Waals surface area (Å²) in [6, 6.07) is 1.43. The van der Waals surface area contributed by atoms with Gasteiger partial charge in [-0.05, 0) is 32.7 Å². The molecule has 2 aliphatic rings. The van der Waals surface area contributed by atoms with Crippen molar-refractivity contribution < 1.29 is 5.11 Å². The Kier molecular flexibility index (Phi) is 5.89. The molecule has 0 saturated carbocycles. The second-order valence-electron chi connectivity index (χ2n) is 5.83. The van der Waals surface area contributed by atoms with E-state index in [4.69, 9.17) is 5.11 Å². The van der Waals surface area contributed by atoms with Crippen molar-refractivity contribution in [2.45, 2.75) is 44.7 Å². The van der Waals surface area contributed by atoms with Crippen molar-refractivity contribution in [2.24, 2.45) is 0 Å². The first-order valence-corrected chi connectivity index (χ1v) is 7.60. The van der Waals surface area contributed by atoms with Crippen LogP contribution >= 0.6 is 0 Å². The zero-order valence-corrected chi connectivity index (χ0v) is 11.8. The lowest BCUT2D eigenvalue weighted by atomic mass is 9.98. The summed E-state index contributed by atoms with van der Waals surface area (Å²) in [7, 11) is 0. The lowest BCUT2D eigenvalue weighted by Gasteiger charge is -2.39. The van der Waals surface area contributed by atoms with Gasteiger partial charge in [-0.15, -0.1) is 0 Å². The van der Waals surface area contributed by atoms with Crippen molar-refractivity contribution in [3.8, 4) is 0 Å². The SMILES string of the molecule is CC(CC1CCCCN1)N1CCN(CCO)CC1. The molecule has 0 aromatic rings. The summed E-state index contributed by atoms with van der Waals surface area (Å²) in [5.74, 6) is 0. The number of piperidine rings is 1. The number of hydrogen-bond acceptors (Lipinski definition) is 4. The summed E-state index contributed by atoms with van der Waals surface area (Å²) in [6.07, 6.45) is 5.40. The predicted octanol–water partition coefficient (Wildman–Crippen LogP) is 0.517. The lowest BCUT2D eigenvalue weighted by molar-refractivity contribution is 0.0811. The highest BCUT2D eigenvalue weighted by Crippen LogP contribution is 2.16. The average Bonchev–Trinajstić information content (AvgIpc) is 2.41. The van der Waals surface area contributed by atoms with Crippen LogP contribution in [0.4, 0.5) is 0 Å². The van der Waals surface area contributed by atoms with E-state index < -0.39 is 0 Å². The normalized spacial score (nSPS) is 29.3. The van der Waals surface area contributed by atoms with Gasteiger partial charge >= 0.3 is 0 Å². The molecule has 4 nitrogen and oxygen atoms in total. The Morgan fingerprint density at radius 3 is 2.61 bits per heavy atom. The zero-order chi connectivity index (χ0) is 12.8. The standard InChI is InChI=1S/C14H29N3O/c1-13(12-14-4-2-3-5-15-14)17-8-6-16(7-9-17)10-11-18/h13-15,18H,2-12H2,1H3. The predicted molar refractivity (Wildman–Crippen MR) is 74.8 cm³/mol. The Labute approximate surface area is 111 Å². The van der Waals surface area contributed by atoms with Crippen molar-refractivity contribution in [1.29, 1.82) is 0 Å². The molecule has 2 saturated heterocycles. The van der Waals surface area contributed by atoms with Crippen LogP contribution in [0.1, 0.15) is 32.6 Å². The van der Waals surface area contributed by atoms with Gasteiger partial charge in [-0.25, -0.2) is 0 Å². The molecular weight excluding hydrogens is 226 g/mol. The summed E-state index contributed by atoms with van der Waals surface area (Å²) in [4.78, 5) is 4.98. The van der Waals surface area contributed by atoms with Crippen LogP contribution in [-0.2, 0) is 0 Å². The Balaban J connectivity index is 1.68. The number of aliphatic hydroxyl groups excluding tert-OH is 1. The van der Waals surface area contributed by atoms with E-state index in [0.717, 1.165) is 38.8 Å². The maximum Gasteiger partial charge on any atom is 0.0558 e. The third kappa shape index (κ3) is 4.19. The Hall–Kier alpha value is -0.160. The van der Waals surface area contributed by atoms with Crippen molar-refractivity contribution in [3.63, 3.8) is 0 Å². The van der Waals surface area contributed by atoms with Crippen LogP contribution in [-0.4, -0.2) is 72.9 Å². The van der Waals surface area contributed by atoms with E-state index in [1.807, 2.05) is 0 Å². The highest BCUT2D eigenvalue weighted by atomic mass is 16.3. The second-order valence-corrected chi connectivity index (χ2v) is 5.83. The highest BCUT2D eigenvalue weighted by Gasteiger charge is 2.23. The molecule has 2 heterocycles. The molecule has 2 atom stereocenters. The molecule has 4 heteroatoms. The van der Waals surface area contributed by atoms with E-state index in [-0.39, 0.29) is 0 Å². The fourth-order valence-electron chi connectivity index (χ4n) is 3.26. The Bertz CT molecular complexity index is 223. The van der Waals surface area contributed by atoms with Gasteiger partial charge in [0.25, 0.3) is 0 Å². The lowest BCUT2D eigenvalue weighted by Crippen LogP contribution is -2.51. The van der Waals surface area contributed by atoms with Gasteiger partial charge in [-0.1, -0.05) is 6.42 Å². The van der Waals surface area contributed by atoms with Crippen LogP contribution in [0.3, 0.4) is 0 Å². The first-order chi connectivity index (χ1) is 8.79. The van der Waals surface area contributed by atoms with Crippen LogP contribution in [0.15, 0.2) is 0 Å². The molecule has 2 rings (SSSR count). The number of nitrogens with one attached hydrogen (secondary N) is 1. The molecule has 2 unspecified atom stereocenters. The maximum atomic E-state index is 8.95. The smallest absolute Gasteiger partial charge is 0.0558 e. The van der Waals surface area contributed by atoms with E-state index in [0.29, 0.717) is 12.6 Å². The Morgan fingerprint density at radius 2 is 2.00 bits per heavy atom. The number of β-amino-alcohol motifs (C(OH)–C–C–N with tert-alkyl or cyclic N) is 1. The van der Waals surface area contributed by atoms with Gasteiger partial charge in [0.15, 0.2) is 0 Å². The van der Waals surface area contributed by atoms with Gasteiger partial charge in [-0.3, -0.25) is 9.80 Å². The molecule has 0 bridgehead atoms. The van der Waals surface area contributed by atoms with E-state index in [1.165, 1.54) is 32.2 Å². The molecule has 0 aromatic carbocycles. The molecule has 18 heavy (non-hydrogen) atoms. The minimum atomic E-state index is 0.293. The highest BCUT2D eigenvalue weighted by molar-refractivity contribution is 4.81. The molecule has 106 valence electrons. The van der Waals surface area contributed by atoms with Gasteiger partial charge in [0, 0.05) is 44.8 Å². The third-order valence-corrected chi connectivity index (χ3v) is 4.48. The average molecular weight is 255 g/mol. The summed E-state index contributed by atoms with van der Waals surface area (Å²) in [6.45, 7) is 9.27. The van der Waals surface area contributed by atoms with E-state index in [9.17, 15) is 0 Å². The van der Waals surface area contributed by atoms with Crippen LogP contribution < -0.4 is 5.32 Å². The summed E-state index contributed by atoms with van der Waals surface area (Å²) < 4.78 is 0. The molecule has 2 fully saturated rings. The molecule has 2 N–H and O–H groups in total. The van der Waals surface area contributed by atoms with Gasteiger partial charge in [0.1, 0.15) is 0 Å². The molecule has 0 aromatic heterocycles. The monoisotopic (exact) mass is 255 g/mol. The number of hydrogen-bond donors (Lipinski definition) is 2. The molecule has 0 amide bonds. The minimum absolute atomic E-state index is 0.293. The number of piperazine rings is 1. The van der Waals surface area contributed by atoms with Crippen molar-refractivity contribution in [1.82, 2.24) is 15.1 Å². The summed E-state index contributed by atoms with van der Waals surface area (Å²) >= 11 is 0.